The summed E-state index contributed by atoms with van der Waals surface area (Å²) in [5.74, 6) is 0.542. The molecule has 0 aliphatic carbocycles. The van der Waals surface area contributed by atoms with Gasteiger partial charge in [0.15, 0.2) is 0 Å². The molecule has 1 unspecified atom stereocenters. The smallest absolute Gasteiger partial charge is 0.321 e. The van der Waals surface area contributed by atoms with Gasteiger partial charge >= 0.3 is 6.03 Å². The summed E-state index contributed by atoms with van der Waals surface area (Å²) < 4.78 is 24.8. The van der Waals surface area contributed by atoms with Gasteiger partial charge in [0.05, 0.1) is 5.92 Å². The Morgan fingerprint density at radius 3 is 2.58 bits per heavy atom. The first-order chi connectivity index (χ1) is 15.1. The van der Waals surface area contributed by atoms with Crippen LogP contribution in [-0.4, -0.2) is 52.4 Å². The highest BCUT2D eigenvalue weighted by molar-refractivity contribution is 5.89. The average molecular weight is 423 g/mol. The number of aromatic nitrogens is 3. The van der Waals surface area contributed by atoms with Crippen molar-refractivity contribution < 1.29 is 18.3 Å². The number of ether oxygens (including phenoxy) is 1. The molecule has 2 aliphatic rings. The number of anilines is 1. The number of amides is 2. The Morgan fingerprint density at radius 1 is 1.10 bits per heavy atom. The average Bonchev–Trinajstić information content (AvgIpc) is 3.42. The third-order valence-electron chi connectivity index (χ3n) is 6.19. The number of hydrogen-bond acceptors (Lipinski definition) is 6. The van der Waals surface area contributed by atoms with E-state index >= 15 is 0 Å². The second-order valence-electron chi connectivity index (χ2n) is 8.03. The quantitative estimate of drug-likeness (QED) is 0.691. The molecule has 1 aromatic carbocycles. The molecule has 0 bridgehead atoms. The van der Waals surface area contributed by atoms with E-state index in [4.69, 9.17) is 9.15 Å². The van der Waals surface area contributed by atoms with Crippen molar-refractivity contribution >= 4 is 11.7 Å². The number of rotatable bonds is 3. The first-order valence-electron chi connectivity index (χ1n) is 10.3. The predicted molar refractivity (Wildman–Crippen MR) is 110 cm³/mol. The van der Waals surface area contributed by atoms with Crippen molar-refractivity contribution in [2.45, 2.75) is 18.8 Å². The van der Waals surface area contributed by atoms with Crippen molar-refractivity contribution in [3.05, 3.63) is 60.5 Å². The van der Waals surface area contributed by atoms with Gasteiger partial charge in [-0.25, -0.2) is 9.18 Å². The summed E-state index contributed by atoms with van der Waals surface area (Å²) in [4.78, 5) is 18.7. The maximum atomic E-state index is 13.2. The summed E-state index contributed by atoms with van der Waals surface area (Å²) in [6.45, 7) is 2.30. The molecule has 2 aromatic heterocycles. The van der Waals surface area contributed by atoms with Gasteiger partial charge in [0.2, 0.25) is 11.8 Å². The van der Waals surface area contributed by atoms with E-state index in [1.807, 2.05) is 12.1 Å². The predicted octanol–water partition coefficient (Wildman–Crippen LogP) is 3.70. The Balaban J connectivity index is 1.39. The number of carbonyl (C=O) groups excluding carboxylic acids is 1. The molecule has 4 heterocycles. The van der Waals surface area contributed by atoms with Gasteiger partial charge in [0, 0.05) is 55.4 Å². The Labute approximate surface area is 178 Å². The lowest BCUT2D eigenvalue weighted by Crippen LogP contribution is -2.38. The van der Waals surface area contributed by atoms with Crippen LogP contribution in [0.5, 0.6) is 0 Å². The van der Waals surface area contributed by atoms with Crippen LogP contribution in [0.15, 0.2) is 53.2 Å². The number of hydrogen-bond donors (Lipinski definition) is 1. The van der Waals surface area contributed by atoms with Crippen LogP contribution in [0.25, 0.3) is 11.5 Å². The monoisotopic (exact) mass is 423 g/mol. The maximum Gasteiger partial charge on any atom is 0.321 e. The molecule has 9 heteroatoms. The zero-order chi connectivity index (χ0) is 21.3. The van der Waals surface area contributed by atoms with E-state index in [0.717, 1.165) is 18.4 Å². The number of pyridine rings is 1. The molecule has 0 saturated carbocycles. The van der Waals surface area contributed by atoms with Crippen LogP contribution < -0.4 is 5.32 Å². The maximum absolute atomic E-state index is 13.2. The topological polar surface area (TPSA) is 93.4 Å². The fourth-order valence-electron chi connectivity index (χ4n) is 4.47. The Morgan fingerprint density at radius 2 is 1.84 bits per heavy atom. The van der Waals surface area contributed by atoms with Crippen LogP contribution in [-0.2, 0) is 4.74 Å². The Hall–Kier alpha value is -3.33. The third kappa shape index (κ3) is 3.88. The zero-order valence-electron chi connectivity index (χ0n) is 16.8. The van der Waals surface area contributed by atoms with Crippen LogP contribution in [0, 0.1) is 11.2 Å². The summed E-state index contributed by atoms with van der Waals surface area (Å²) in [5, 5.41) is 11.4. The largest absolute Gasteiger partial charge is 0.420 e. The molecule has 5 rings (SSSR count). The van der Waals surface area contributed by atoms with Gasteiger partial charge in [0.25, 0.3) is 0 Å². The zero-order valence-corrected chi connectivity index (χ0v) is 16.8. The number of urea groups is 1. The van der Waals surface area contributed by atoms with E-state index in [1.54, 1.807) is 29.4 Å². The molecule has 1 atom stereocenters. The number of nitrogens with zero attached hydrogens (tertiary/aromatic N) is 4. The molecule has 1 spiro atoms. The number of carbonyl (C=O) groups is 1. The molecular formula is C22H22FN5O3. The molecule has 1 N–H and O–H groups in total. The molecule has 2 aliphatic heterocycles. The van der Waals surface area contributed by atoms with Crippen molar-refractivity contribution in [1.82, 2.24) is 20.1 Å². The molecule has 8 nitrogen and oxygen atoms in total. The van der Waals surface area contributed by atoms with Crippen molar-refractivity contribution in [2.24, 2.45) is 5.41 Å². The summed E-state index contributed by atoms with van der Waals surface area (Å²) in [6, 6.07) is 9.14. The van der Waals surface area contributed by atoms with Gasteiger partial charge in [0.1, 0.15) is 5.82 Å². The minimum Gasteiger partial charge on any atom is -0.420 e. The SMILES string of the molecule is O=C(Nc1ccc(F)cc1)N1CC(c2nnc(-c3ccncc3)o2)C2(CCOCC2)C1. The normalized spacial score (nSPS) is 20.2. The van der Waals surface area contributed by atoms with Crippen LogP contribution >= 0.6 is 0 Å². The van der Waals surface area contributed by atoms with Crippen LogP contribution in [0.4, 0.5) is 14.9 Å². The van der Waals surface area contributed by atoms with E-state index in [-0.39, 0.29) is 23.2 Å². The first-order valence-corrected chi connectivity index (χ1v) is 10.3. The third-order valence-corrected chi connectivity index (χ3v) is 6.19. The van der Waals surface area contributed by atoms with Gasteiger partial charge in [-0.2, -0.15) is 0 Å². The van der Waals surface area contributed by atoms with Crippen LogP contribution in [0.1, 0.15) is 24.7 Å². The van der Waals surface area contributed by atoms with Gasteiger partial charge in [-0.05, 0) is 49.2 Å². The molecule has 31 heavy (non-hydrogen) atoms. The second-order valence-corrected chi connectivity index (χ2v) is 8.03. The minimum atomic E-state index is -0.346. The second kappa shape index (κ2) is 8.07. The fourth-order valence-corrected chi connectivity index (χ4v) is 4.47. The number of benzene rings is 1. The first kappa shape index (κ1) is 19.6. The molecule has 3 aromatic rings. The van der Waals surface area contributed by atoms with Crippen LogP contribution in [0.3, 0.4) is 0 Å². The highest BCUT2D eigenvalue weighted by atomic mass is 19.1. The van der Waals surface area contributed by atoms with Gasteiger partial charge in [-0.3, -0.25) is 4.98 Å². The Bertz CT molecular complexity index is 1050. The lowest BCUT2D eigenvalue weighted by Gasteiger charge is -2.36. The molecule has 160 valence electrons. The van der Waals surface area contributed by atoms with Crippen molar-refractivity contribution in [3.8, 4) is 11.5 Å². The number of likely N-dealkylation sites (tertiary alicyclic amines) is 1. The molecule has 2 fully saturated rings. The highest BCUT2D eigenvalue weighted by Crippen LogP contribution is 2.49. The fraction of sp³-hybridized carbons (Fsp3) is 0.364. The van der Waals surface area contributed by atoms with Crippen molar-refractivity contribution in [1.29, 1.82) is 0 Å². The van der Waals surface area contributed by atoms with Crippen molar-refractivity contribution in [2.75, 3.05) is 31.6 Å². The van der Waals surface area contributed by atoms with Crippen molar-refractivity contribution in [3.63, 3.8) is 0 Å². The number of halogens is 1. The van der Waals surface area contributed by atoms with Gasteiger partial charge in [-0.1, -0.05) is 0 Å². The van der Waals surface area contributed by atoms with Gasteiger partial charge < -0.3 is 19.4 Å². The lowest BCUT2D eigenvalue weighted by atomic mass is 9.72. The summed E-state index contributed by atoms with van der Waals surface area (Å²) in [7, 11) is 0. The molecular weight excluding hydrogens is 401 g/mol. The molecule has 2 saturated heterocycles. The standard InChI is InChI=1S/C22H22FN5O3/c23-16-1-3-17(4-2-16)25-21(29)28-13-18(22(14-28)7-11-30-12-8-22)20-27-26-19(31-20)15-5-9-24-10-6-15/h1-6,9-10,18H,7-8,11-14H2,(H,25,29). The summed E-state index contributed by atoms with van der Waals surface area (Å²) in [5.41, 5.74) is 1.17. The number of nitrogens with one attached hydrogen (secondary N) is 1. The highest BCUT2D eigenvalue weighted by Gasteiger charge is 2.51. The van der Waals surface area contributed by atoms with E-state index < -0.39 is 0 Å². The summed E-state index contributed by atoms with van der Waals surface area (Å²) in [6.07, 6.45) is 4.97. The van der Waals surface area contributed by atoms with E-state index in [1.165, 1.54) is 12.1 Å². The van der Waals surface area contributed by atoms with Gasteiger partial charge in [-0.15, -0.1) is 10.2 Å². The molecule has 2 amide bonds. The molecule has 0 radical (unpaired) electrons. The van der Waals surface area contributed by atoms with E-state index in [2.05, 4.69) is 20.5 Å². The Kier molecular flexibility index (Phi) is 5.11. The van der Waals surface area contributed by atoms with Crippen LogP contribution in [0.2, 0.25) is 0 Å². The minimum absolute atomic E-state index is 0.0848. The summed E-state index contributed by atoms with van der Waals surface area (Å²) >= 11 is 0. The van der Waals surface area contributed by atoms with E-state index in [0.29, 0.717) is 43.8 Å². The lowest BCUT2D eigenvalue weighted by molar-refractivity contribution is 0.0104. The van der Waals surface area contributed by atoms with E-state index in [9.17, 15) is 9.18 Å².